The lowest BCUT2D eigenvalue weighted by Gasteiger charge is -2.20. The normalized spacial score (nSPS) is 14.8. The fourth-order valence-corrected chi connectivity index (χ4v) is 2.93. The summed E-state index contributed by atoms with van der Waals surface area (Å²) in [7, 11) is 0. The molecule has 0 saturated heterocycles. The van der Waals surface area contributed by atoms with Gasteiger partial charge in [0, 0.05) is 17.7 Å². The lowest BCUT2D eigenvalue weighted by atomic mass is 10.1. The Morgan fingerprint density at radius 3 is 2.31 bits per heavy atom. The third-order valence-corrected chi connectivity index (χ3v) is 4.29. The highest BCUT2D eigenvalue weighted by Gasteiger charge is 2.31. The van der Waals surface area contributed by atoms with Gasteiger partial charge >= 0.3 is 0 Å². The van der Waals surface area contributed by atoms with Crippen LogP contribution in [0.2, 0.25) is 0 Å². The summed E-state index contributed by atoms with van der Waals surface area (Å²) in [5.41, 5.74) is 5.27. The third-order valence-electron chi connectivity index (χ3n) is 4.29. The van der Waals surface area contributed by atoms with Gasteiger partial charge in [-0.2, -0.15) is 5.01 Å². The van der Waals surface area contributed by atoms with Gasteiger partial charge < -0.3 is 0 Å². The van der Waals surface area contributed by atoms with Crippen molar-refractivity contribution in [1.29, 1.82) is 0 Å². The number of hydrogen-bond donors (Lipinski definition) is 1. The van der Waals surface area contributed by atoms with Gasteiger partial charge in [0.05, 0.1) is 10.6 Å². The van der Waals surface area contributed by atoms with Crippen LogP contribution in [0.1, 0.15) is 11.1 Å². The van der Waals surface area contributed by atoms with Gasteiger partial charge in [0.1, 0.15) is 5.70 Å². The van der Waals surface area contributed by atoms with E-state index in [1.54, 1.807) is 18.2 Å². The van der Waals surface area contributed by atoms with Crippen molar-refractivity contribution in [3.05, 3.63) is 112 Å². The van der Waals surface area contributed by atoms with E-state index in [4.69, 9.17) is 0 Å². The number of hydrazine groups is 1. The van der Waals surface area contributed by atoms with E-state index in [1.807, 2.05) is 60.7 Å². The van der Waals surface area contributed by atoms with Crippen LogP contribution >= 0.6 is 0 Å². The number of rotatable bonds is 5. The van der Waals surface area contributed by atoms with Crippen LogP contribution < -0.4 is 5.43 Å². The second-order valence-corrected chi connectivity index (χ2v) is 6.30. The van der Waals surface area contributed by atoms with Gasteiger partial charge in [0.2, 0.25) is 0 Å². The molecular weight excluding hydrogens is 368 g/mol. The quantitative estimate of drug-likeness (QED) is 0.405. The van der Waals surface area contributed by atoms with Crippen LogP contribution in [0.5, 0.6) is 0 Å². The molecule has 0 spiro atoms. The summed E-state index contributed by atoms with van der Waals surface area (Å²) >= 11 is 0. The number of non-ortho nitro benzene ring substituents is 1. The van der Waals surface area contributed by atoms with E-state index < -0.39 is 4.92 Å². The predicted molar refractivity (Wildman–Crippen MR) is 111 cm³/mol. The largest absolute Gasteiger partial charge is 0.297 e. The molecule has 7 nitrogen and oxygen atoms in total. The van der Waals surface area contributed by atoms with Crippen LogP contribution in [0.3, 0.4) is 0 Å². The van der Waals surface area contributed by atoms with Gasteiger partial charge in [-0.05, 0) is 23.8 Å². The van der Waals surface area contributed by atoms with E-state index in [1.165, 1.54) is 17.1 Å². The molecule has 4 rings (SSSR count). The molecule has 0 saturated carbocycles. The number of aliphatic imine (C=N–C) groups is 1. The number of nitro groups is 1. The first-order valence-corrected chi connectivity index (χ1v) is 8.88. The summed E-state index contributed by atoms with van der Waals surface area (Å²) in [4.78, 5) is 28.1. The fraction of sp³-hybridized carbons (Fsp3) is 0. The second-order valence-electron chi connectivity index (χ2n) is 6.30. The maximum absolute atomic E-state index is 13.1. The number of nitrogens with zero attached hydrogens (tertiary/aromatic N) is 3. The molecule has 0 unspecified atom stereocenters. The number of nitrogens with one attached hydrogen (secondary N) is 1. The van der Waals surface area contributed by atoms with Crippen molar-refractivity contribution < 1.29 is 9.72 Å². The van der Waals surface area contributed by atoms with E-state index in [9.17, 15) is 14.9 Å². The molecule has 7 heteroatoms. The first kappa shape index (κ1) is 18.1. The van der Waals surface area contributed by atoms with E-state index in [0.29, 0.717) is 11.4 Å². The number of para-hydroxylation sites is 1. The van der Waals surface area contributed by atoms with E-state index >= 15 is 0 Å². The van der Waals surface area contributed by atoms with Crippen molar-refractivity contribution in [2.24, 2.45) is 4.99 Å². The van der Waals surface area contributed by atoms with E-state index in [2.05, 4.69) is 10.4 Å². The highest BCUT2D eigenvalue weighted by atomic mass is 16.6. The molecule has 1 aliphatic rings. The minimum atomic E-state index is -0.472. The van der Waals surface area contributed by atoms with Gasteiger partial charge in [0.15, 0.2) is 5.84 Å². The summed E-state index contributed by atoms with van der Waals surface area (Å²) in [6.45, 7) is 0. The molecule has 3 aromatic rings. The average Bonchev–Trinajstić information content (AvgIpc) is 3.05. The molecule has 1 N–H and O–H groups in total. The summed E-state index contributed by atoms with van der Waals surface area (Å²) in [5.74, 6) is 0.107. The van der Waals surface area contributed by atoms with E-state index in [-0.39, 0.29) is 17.3 Å². The predicted octanol–water partition coefficient (Wildman–Crippen LogP) is 4.25. The van der Waals surface area contributed by atoms with Crippen molar-refractivity contribution in [3.8, 4) is 0 Å². The van der Waals surface area contributed by atoms with Crippen molar-refractivity contribution in [1.82, 2.24) is 5.01 Å². The Morgan fingerprint density at radius 2 is 1.62 bits per heavy atom. The number of carbonyl (C=O) groups is 1. The summed E-state index contributed by atoms with van der Waals surface area (Å²) < 4.78 is 0. The van der Waals surface area contributed by atoms with Gasteiger partial charge in [-0.15, -0.1) is 0 Å². The Morgan fingerprint density at radius 1 is 0.931 bits per heavy atom. The summed E-state index contributed by atoms with van der Waals surface area (Å²) in [6.07, 6.45) is 1.55. The van der Waals surface area contributed by atoms with Gasteiger partial charge in [0.25, 0.3) is 11.6 Å². The number of amidine groups is 1. The minimum absolute atomic E-state index is 0.0451. The molecule has 29 heavy (non-hydrogen) atoms. The Bertz CT molecular complexity index is 1130. The lowest BCUT2D eigenvalue weighted by molar-refractivity contribution is -0.384. The van der Waals surface area contributed by atoms with Crippen LogP contribution in [0.4, 0.5) is 11.4 Å². The molecule has 0 radical (unpaired) electrons. The van der Waals surface area contributed by atoms with Crippen LogP contribution in [0.15, 0.2) is 95.6 Å². The standard InChI is InChI=1S/C22H16N4O3/c27-22-20(15-16-8-7-13-19(14-16)26(28)29)23-21(17-9-3-1-4-10-17)25(22)24-18-11-5-2-6-12-18/h1-15,24H. The molecule has 0 aliphatic carbocycles. The summed E-state index contributed by atoms with van der Waals surface area (Å²) in [5, 5.41) is 12.4. The number of anilines is 1. The molecule has 0 aromatic heterocycles. The van der Waals surface area contributed by atoms with Gasteiger partial charge in [-0.25, -0.2) is 4.99 Å². The maximum Gasteiger partial charge on any atom is 0.297 e. The van der Waals surface area contributed by atoms with Crippen molar-refractivity contribution in [2.45, 2.75) is 0 Å². The van der Waals surface area contributed by atoms with Crippen LogP contribution in [-0.4, -0.2) is 21.7 Å². The van der Waals surface area contributed by atoms with Crippen LogP contribution in [0.25, 0.3) is 6.08 Å². The first-order valence-electron chi connectivity index (χ1n) is 8.88. The number of carbonyl (C=O) groups excluding carboxylic acids is 1. The molecular formula is C22H16N4O3. The molecule has 1 amide bonds. The molecule has 1 heterocycles. The monoisotopic (exact) mass is 384 g/mol. The average molecular weight is 384 g/mol. The number of amides is 1. The molecule has 3 aromatic carbocycles. The number of benzene rings is 3. The van der Waals surface area contributed by atoms with Crippen LogP contribution in [0, 0.1) is 10.1 Å². The molecule has 0 bridgehead atoms. The Balaban J connectivity index is 1.74. The Hall–Kier alpha value is -4.26. The zero-order chi connectivity index (χ0) is 20.2. The SMILES string of the molecule is O=C1C(=Cc2cccc([N+](=O)[O-])c2)N=C(c2ccccc2)N1Nc1ccccc1. The van der Waals surface area contributed by atoms with Crippen molar-refractivity contribution in [3.63, 3.8) is 0 Å². The van der Waals surface area contributed by atoms with Gasteiger partial charge in [-0.1, -0.05) is 60.7 Å². The third kappa shape index (κ3) is 3.89. The maximum atomic E-state index is 13.1. The molecule has 1 aliphatic heterocycles. The lowest BCUT2D eigenvalue weighted by Crippen LogP contribution is -2.37. The number of nitro benzene ring substituents is 1. The highest BCUT2D eigenvalue weighted by Crippen LogP contribution is 2.24. The Labute approximate surface area is 166 Å². The molecule has 0 fully saturated rings. The topological polar surface area (TPSA) is 87.8 Å². The zero-order valence-corrected chi connectivity index (χ0v) is 15.2. The van der Waals surface area contributed by atoms with Crippen molar-refractivity contribution in [2.75, 3.05) is 5.43 Å². The smallest absolute Gasteiger partial charge is 0.290 e. The summed E-state index contributed by atoms with van der Waals surface area (Å²) in [6, 6.07) is 24.7. The zero-order valence-electron chi connectivity index (χ0n) is 15.2. The number of hydrogen-bond acceptors (Lipinski definition) is 5. The second kappa shape index (κ2) is 7.77. The van der Waals surface area contributed by atoms with Gasteiger partial charge in [-0.3, -0.25) is 20.3 Å². The fourth-order valence-electron chi connectivity index (χ4n) is 2.93. The molecule has 142 valence electrons. The minimum Gasteiger partial charge on any atom is -0.290 e. The highest BCUT2D eigenvalue weighted by molar-refractivity contribution is 6.20. The molecule has 0 atom stereocenters. The van der Waals surface area contributed by atoms with Crippen LogP contribution in [-0.2, 0) is 4.79 Å². The Kier molecular flexibility index (Phi) is 4.86. The van der Waals surface area contributed by atoms with E-state index in [0.717, 1.165) is 11.3 Å². The van der Waals surface area contributed by atoms with Crippen molar-refractivity contribution >= 4 is 29.2 Å². The first-order chi connectivity index (χ1) is 14.1.